The Hall–Kier alpha value is -3.93. The van der Waals surface area contributed by atoms with Crippen LogP contribution < -0.4 is 15.4 Å². The van der Waals surface area contributed by atoms with Crippen molar-refractivity contribution in [3.05, 3.63) is 47.5 Å². The number of amides is 1. The molecular weight excluding hydrogens is 554 g/mol. The van der Waals surface area contributed by atoms with Gasteiger partial charge in [-0.3, -0.25) is 28.9 Å². The summed E-state index contributed by atoms with van der Waals surface area (Å²) in [7, 11) is 7.01. The number of fused-ring (bicyclic) bond motifs is 3. The van der Waals surface area contributed by atoms with Crippen LogP contribution in [0.4, 0.5) is 5.69 Å². The summed E-state index contributed by atoms with van der Waals surface area (Å²) in [6, 6.07) is 10.2. The topological polar surface area (TPSA) is 168 Å². The van der Waals surface area contributed by atoms with E-state index in [1.165, 1.54) is 4.90 Å². The zero-order chi connectivity index (χ0) is 31.4. The van der Waals surface area contributed by atoms with Crippen molar-refractivity contribution in [2.75, 3.05) is 46.3 Å². The highest BCUT2D eigenvalue weighted by molar-refractivity contribution is 6.32. The standard InChI is InChI=1S/C32H37N3O8/c1-34(2)18-8-6-16(7-9-18)19-10-11-22(43-13-5-12-36)24-20(19)14-17-15-21-26(35(3)4)28(38)25(31(33)41)30(40)32(21,42)29(39)23(17)27(24)37/h6-11,17,21,23,25-26,36,42H,5,12-15H2,1-4H3,(H2,33,41)/t17-,21-,23?,25?,26-,32-/m0/s1. The van der Waals surface area contributed by atoms with Gasteiger partial charge in [0.15, 0.2) is 34.7 Å². The molecule has 2 unspecified atom stereocenters. The van der Waals surface area contributed by atoms with E-state index in [4.69, 9.17) is 10.5 Å². The first-order chi connectivity index (χ1) is 20.3. The Morgan fingerprint density at radius 1 is 1.02 bits per heavy atom. The van der Waals surface area contributed by atoms with Gasteiger partial charge < -0.3 is 25.6 Å². The van der Waals surface area contributed by atoms with Crippen molar-refractivity contribution in [3.63, 3.8) is 0 Å². The van der Waals surface area contributed by atoms with Gasteiger partial charge in [-0.05, 0) is 67.7 Å². The van der Waals surface area contributed by atoms with E-state index < -0.39 is 64.4 Å². The van der Waals surface area contributed by atoms with E-state index in [9.17, 15) is 34.2 Å². The number of carbonyl (C=O) groups excluding carboxylic acids is 5. The molecule has 11 nitrogen and oxygen atoms in total. The number of nitrogens with zero attached hydrogens (tertiary/aromatic N) is 2. The lowest BCUT2D eigenvalue weighted by Crippen LogP contribution is -2.74. The Kier molecular flexibility index (Phi) is 8.02. The van der Waals surface area contributed by atoms with Crippen LogP contribution in [-0.4, -0.2) is 97.2 Å². The number of hydrogen-bond acceptors (Lipinski definition) is 10. The minimum atomic E-state index is -2.73. The molecule has 2 fully saturated rings. The van der Waals surface area contributed by atoms with E-state index in [1.54, 1.807) is 20.2 Å². The van der Waals surface area contributed by atoms with E-state index in [0.29, 0.717) is 12.0 Å². The van der Waals surface area contributed by atoms with Gasteiger partial charge in [0, 0.05) is 38.7 Å². The fourth-order valence-electron chi connectivity index (χ4n) is 7.17. The molecule has 0 radical (unpaired) electrons. The quantitative estimate of drug-likeness (QED) is 0.293. The molecule has 11 heteroatoms. The Labute approximate surface area is 249 Å². The average Bonchev–Trinajstić information content (AvgIpc) is 2.95. The number of Topliss-reactive ketones (excluding diaryl/α,β-unsaturated/α-hetero) is 4. The summed E-state index contributed by atoms with van der Waals surface area (Å²) in [5, 5.41) is 21.1. The monoisotopic (exact) mass is 591 g/mol. The smallest absolute Gasteiger partial charge is 0.235 e. The van der Waals surface area contributed by atoms with E-state index >= 15 is 0 Å². The Morgan fingerprint density at radius 3 is 2.28 bits per heavy atom. The lowest BCUT2D eigenvalue weighted by Gasteiger charge is -2.52. The molecule has 6 atom stereocenters. The van der Waals surface area contributed by atoms with Gasteiger partial charge in [-0.1, -0.05) is 18.2 Å². The highest BCUT2D eigenvalue weighted by atomic mass is 16.5. The van der Waals surface area contributed by atoms with Gasteiger partial charge in [0.1, 0.15) is 5.75 Å². The van der Waals surface area contributed by atoms with Crippen LogP contribution >= 0.6 is 0 Å². The molecule has 0 saturated heterocycles. The Bertz CT molecular complexity index is 1500. The van der Waals surface area contributed by atoms with Gasteiger partial charge in [-0.2, -0.15) is 0 Å². The fraction of sp³-hybridized carbons (Fsp3) is 0.469. The van der Waals surface area contributed by atoms with Crippen LogP contribution in [-0.2, 0) is 25.6 Å². The molecule has 43 heavy (non-hydrogen) atoms. The first kappa shape index (κ1) is 30.5. The molecule has 0 aliphatic heterocycles. The van der Waals surface area contributed by atoms with Crippen molar-refractivity contribution in [1.82, 2.24) is 4.90 Å². The van der Waals surface area contributed by atoms with Crippen LogP contribution in [0.1, 0.15) is 28.8 Å². The van der Waals surface area contributed by atoms with Crippen LogP contribution in [0.15, 0.2) is 36.4 Å². The maximum absolute atomic E-state index is 14.3. The van der Waals surface area contributed by atoms with E-state index in [2.05, 4.69) is 0 Å². The molecule has 3 aliphatic rings. The minimum absolute atomic E-state index is 0.0263. The van der Waals surface area contributed by atoms with Gasteiger partial charge in [-0.25, -0.2) is 0 Å². The predicted octanol–water partition coefficient (Wildman–Crippen LogP) is 0.656. The maximum atomic E-state index is 14.3. The van der Waals surface area contributed by atoms with Crippen molar-refractivity contribution in [2.45, 2.75) is 30.9 Å². The third kappa shape index (κ3) is 4.75. The normalized spacial score (nSPS) is 28.3. The number of aliphatic hydroxyl groups is 2. The number of likely N-dealkylation sites (N-methyl/N-ethyl adjacent to an activating group) is 1. The highest BCUT2D eigenvalue weighted by Crippen LogP contribution is 2.52. The second kappa shape index (κ2) is 11.3. The molecule has 0 spiro atoms. The first-order valence-corrected chi connectivity index (χ1v) is 14.4. The second-order valence-electron chi connectivity index (χ2n) is 12.1. The lowest BCUT2D eigenvalue weighted by atomic mass is 9.52. The van der Waals surface area contributed by atoms with Gasteiger partial charge in [0.25, 0.3) is 0 Å². The van der Waals surface area contributed by atoms with Crippen molar-refractivity contribution < 1.29 is 38.9 Å². The molecule has 2 saturated carbocycles. The third-order valence-electron chi connectivity index (χ3n) is 9.18. The van der Waals surface area contributed by atoms with E-state index in [-0.39, 0.29) is 37.4 Å². The Balaban J connectivity index is 1.65. The molecular formula is C32H37N3O8. The molecule has 1 amide bonds. The van der Waals surface area contributed by atoms with Crippen LogP contribution in [0.3, 0.4) is 0 Å². The van der Waals surface area contributed by atoms with Crippen molar-refractivity contribution in [2.24, 2.45) is 29.4 Å². The number of primary amides is 1. The van der Waals surface area contributed by atoms with Crippen molar-refractivity contribution >= 4 is 34.7 Å². The molecule has 228 valence electrons. The van der Waals surface area contributed by atoms with Gasteiger partial charge in [0.2, 0.25) is 5.91 Å². The summed E-state index contributed by atoms with van der Waals surface area (Å²) in [6.45, 7) is 0.0194. The minimum Gasteiger partial charge on any atom is -0.493 e. The number of ether oxygens (including phenoxy) is 1. The highest BCUT2D eigenvalue weighted by Gasteiger charge is 2.69. The molecule has 0 heterocycles. The fourth-order valence-corrected chi connectivity index (χ4v) is 7.17. The summed E-state index contributed by atoms with van der Waals surface area (Å²) in [4.78, 5) is 71.0. The number of aliphatic hydroxyl groups excluding tert-OH is 1. The number of anilines is 1. The van der Waals surface area contributed by atoms with Crippen LogP contribution in [0.5, 0.6) is 5.75 Å². The van der Waals surface area contributed by atoms with Gasteiger partial charge in [0.05, 0.1) is 24.1 Å². The first-order valence-electron chi connectivity index (χ1n) is 14.4. The number of benzene rings is 2. The molecule has 2 aromatic carbocycles. The van der Waals surface area contributed by atoms with Gasteiger partial charge in [-0.15, -0.1) is 0 Å². The van der Waals surface area contributed by atoms with Gasteiger partial charge >= 0.3 is 0 Å². The van der Waals surface area contributed by atoms with Crippen LogP contribution in [0.2, 0.25) is 0 Å². The van der Waals surface area contributed by atoms with E-state index in [1.807, 2.05) is 49.3 Å². The summed E-state index contributed by atoms with van der Waals surface area (Å²) < 4.78 is 5.89. The number of ketones is 4. The summed E-state index contributed by atoms with van der Waals surface area (Å²) >= 11 is 0. The van der Waals surface area contributed by atoms with Crippen LogP contribution in [0, 0.1) is 23.7 Å². The maximum Gasteiger partial charge on any atom is 0.235 e. The average molecular weight is 592 g/mol. The molecule has 4 N–H and O–H groups in total. The number of hydrogen-bond donors (Lipinski definition) is 3. The molecule has 0 aromatic heterocycles. The molecule has 0 bridgehead atoms. The second-order valence-corrected chi connectivity index (χ2v) is 12.1. The SMILES string of the molecule is CN(C)c1ccc(-c2ccc(OCCCO)c3c2C[C@H]2C[C@H]4[C@H](N(C)C)C(=O)C(C(N)=O)C(=O)[C@@]4(O)C(=O)C2C3=O)cc1. The zero-order valence-corrected chi connectivity index (χ0v) is 24.7. The number of rotatable bonds is 8. The van der Waals surface area contributed by atoms with Crippen LogP contribution in [0.25, 0.3) is 11.1 Å². The molecule has 2 aromatic rings. The zero-order valence-electron chi connectivity index (χ0n) is 24.7. The van der Waals surface area contributed by atoms with Crippen molar-refractivity contribution in [3.8, 4) is 16.9 Å². The predicted molar refractivity (Wildman–Crippen MR) is 157 cm³/mol. The van der Waals surface area contributed by atoms with E-state index in [0.717, 1.165) is 16.8 Å². The number of carbonyl (C=O) groups is 5. The summed E-state index contributed by atoms with van der Waals surface area (Å²) in [5.41, 5.74) is 6.18. The summed E-state index contributed by atoms with van der Waals surface area (Å²) in [5.74, 6) is -9.76. The third-order valence-corrected chi connectivity index (χ3v) is 9.18. The van der Waals surface area contributed by atoms with Crippen molar-refractivity contribution in [1.29, 1.82) is 0 Å². The molecule has 3 aliphatic carbocycles. The largest absolute Gasteiger partial charge is 0.493 e. The Morgan fingerprint density at radius 2 is 1.70 bits per heavy atom. The lowest BCUT2D eigenvalue weighted by molar-refractivity contribution is -0.181. The molecule has 5 rings (SSSR count). The summed E-state index contributed by atoms with van der Waals surface area (Å²) in [6.07, 6.45) is 0.610. The number of nitrogens with two attached hydrogens (primary N) is 1.